The van der Waals surface area contributed by atoms with Crippen molar-refractivity contribution >= 4 is 23.6 Å². The van der Waals surface area contributed by atoms with E-state index in [1.165, 1.54) is 6.42 Å². The third-order valence-corrected chi connectivity index (χ3v) is 4.26. The number of aldehydes is 1. The van der Waals surface area contributed by atoms with E-state index in [0.717, 1.165) is 18.5 Å². The van der Waals surface area contributed by atoms with Crippen LogP contribution in [0.2, 0.25) is 5.02 Å². The normalized spacial score (nSPS) is 28.2. The smallest absolute Gasteiger partial charge is 0.152 e. The van der Waals surface area contributed by atoms with Crippen molar-refractivity contribution in [3.8, 4) is 0 Å². The van der Waals surface area contributed by atoms with Crippen LogP contribution in [0.25, 0.3) is 0 Å². The molecule has 1 aliphatic rings. The van der Waals surface area contributed by atoms with Gasteiger partial charge < -0.3 is 4.90 Å². The summed E-state index contributed by atoms with van der Waals surface area (Å²) < 4.78 is 0. The number of carbonyl (C=O) groups is 1. The molecule has 1 aliphatic heterocycles. The van der Waals surface area contributed by atoms with Crippen LogP contribution in [0, 0.1) is 11.8 Å². The molecule has 3 atom stereocenters. The van der Waals surface area contributed by atoms with Crippen LogP contribution in [0.1, 0.15) is 37.6 Å². The van der Waals surface area contributed by atoms with Gasteiger partial charge in [0.2, 0.25) is 0 Å². The van der Waals surface area contributed by atoms with Gasteiger partial charge in [-0.05, 0) is 43.4 Å². The van der Waals surface area contributed by atoms with Gasteiger partial charge in [0.1, 0.15) is 0 Å². The molecule has 1 saturated heterocycles. The molecule has 2 nitrogen and oxygen atoms in total. The fourth-order valence-electron chi connectivity index (χ4n) is 2.91. The molecule has 1 aromatic rings. The maximum atomic E-state index is 11.2. The van der Waals surface area contributed by atoms with E-state index in [1.807, 2.05) is 12.1 Å². The van der Waals surface area contributed by atoms with Crippen molar-refractivity contribution in [3.05, 3.63) is 28.8 Å². The Balaban J connectivity index is 2.37. The standard InChI is InChI=1S/C15H20ClNO/c1-10-6-11(2)12(3)17(8-10)15-5-4-14(16)7-13(15)9-18/h4-5,7,9-12H,6,8H2,1-3H3. The highest BCUT2D eigenvalue weighted by Crippen LogP contribution is 2.33. The zero-order valence-corrected chi connectivity index (χ0v) is 11.9. The first kappa shape index (κ1) is 13.4. The lowest BCUT2D eigenvalue weighted by molar-refractivity contribution is 0.112. The van der Waals surface area contributed by atoms with Crippen LogP contribution in [0.4, 0.5) is 5.69 Å². The summed E-state index contributed by atoms with van der Waals surface area (Å²) in [6.07, 6.45) is 2.15. The van der Waals surface area contributed by atoms with Gasteiger partial charge in [0.05, 0.1) is 0 Å². The number of hydrogen-bond donors (Lipinski definition) is 0. The zero-order valence-electron chi connectivity index (χ0n) is 11.2. The second-order valence-electron chi connectivity index (χ2n) is 5.53. The van der Waals surface area contributed by atoms with Crippen molar-refractivity contribution in [2.75, 3.05) is 11.4 Å². The summed E-state index contributed by atoms with van der Waals surface area (Å²) in [5, 5.41) is 0.617. The molecule has 0 amide bonds. The van der Waals surface area contributed by atoms with Gasteiger partial charge >= 0.3 is 0 Å². The lowest BCUT2D eigenvalue weighted by Crippen LogP contribution is -2.46. The molecule has 98 valence electrons. The molecule has 0 aromatic heterocycles. The number of benzene rings is 1. The van der Waals surface area contributed by atoms with Crippen molar-refractivity contribution in [1.82, 2.24) is 0 Å². The molecule has 0 aliphatic carbocycles. The van der Waals surface area contributed by atoms with E-state index in [1.54, 1.807) is 6.07 Å². The molecule has 3 unspecified atom stereocenters. The van der Waals surface area contributed by atoms with E-state index < -0.39 is 0 Å². The van der Waals surface area contributed by atoms with E-state index in [4.69, 9.17) is 11.6 Å². The van der Waals surface area contributed by atoms with E-state index in [-0.39, 0.29) is 0 Å². The molecule has 0 spiro atoms. The molecular formula is C15H20ClNO. The average Bonchev–Trinajstić information content (AvgIpc) is 2.34. The Morgan fingerprint density at radius 3 is 2.72 bits per heavy atom. The molecule has 1 fully saturated rings. The molecule has 18 heavy (non-hydrogen) atoms. The van der Waals surface area contributed by atoms with Crippen molar-refractivity contribution in [2.45, 2.75) is 33.2 Å². The SMILES string of the molecule is CC1CC(C)C(C)N(c2ccc(Cl)cc2C=O)C1. The lowest BCUT2D eigenvalue weighted by atomic mass is 9.85. The quantitative estimate of drug-likeness (QED) is 0.753. The molecule has 2 rings (SSSR count). The van der Waals surface area contributed by atoms with Crippen LogP contribution in [0.5, 0.6) is 0 Å². The highest BCUT2D eigenvalue weighted by molar-refractivity contribution is 6.31. The van der Waals surface area contributed by atoms with E-state index in [0.29, 0.717) is 28.5 Å². The number of anilines is 1. The lowest BCUT2D eigenvalue weighted by Gasteiger charge is -2.43. The number of halogens is 1. The Hall–Kier alpha value is -1.02. The van der Waals surface area contributed by atoms with Crippen molar-refractivity contribution < 1.29 is 4.79 Å². The van der Waals surface area contributed by atoms with E-state index >= 15 is 0 Å². The average molecular weight is 266 g/mol. The van der Waals surface area contributed by atoms with Gasteiger partial charge in [0, 0.05) is 28.9 Å². The van der Waals surface area contributed by atoms with Crippen LogP contribution in [-0.2, 0) is 0 Å². The van der Waals surface area contributed by atoms with Gasteiger partial charge in [0.25, 0.3) is 0 Å². The van der Waals surface area contributed by atoms with Gasteiger partial charge in [-0.2, -0.15) is 0 Å². The summed E-state index contributed by atoms with van der Waals surface area (Å²) in [4.78, 5) is 13.6. The first-order chi connectivity index (χ1) is 8.52. The van der Waals surface area contributed by atoms with Gasteiger partial charge in [-0.25, -0.2) is 0 Å². The highest BCUT2D eigenvalue weighted by Gasteiger charge is 2.29. The molecular weight excluding hydrogens is 246 g/mol. The molecule has 0 N–H and O–H groups in total. The van der Waals surface area contributed by atoms with Crippen LogP contribution in [0.3, 0.4) is 0 Å². The number of hydrogen-bond acceptors (Lipinski definition) is 2. The summed E-state index contributed by atoms with van der Waals surface area (Å²) in [5.41, 5.74) is 1.70. The van der Waals surface area contributed by atoms with Gasteiger partial charge in [-0.3, -0.25) is 4.79 Å². The van der Waals surface area contributed by atoms with Crippen LogP contribution < -0.4 is 4.90 Å². The second-order valence-corrected chi connectivity index (χ2v) is 5.97. The predicted octanol–water partition coefficient (Wildman–Crippen LogP) is 4.02. The minimum atomic E-state index is 0.459. The van der Waals surface area contributed by atoms with Crippen molar-refractivity contribution in [2.24, 2.45) is 11.8 Å². The van der Waals surface area contributed by atoms with Crippen LogP contribution >= 0.6 is 11.6 Å². The molecule has 0 saturated carbocycles. The summed E-state index contributed by atoms with van der Waals surface area (Å²) in [6, 6.07) is 6.04. The summed E-state index contributed by atoms with van der Waals surface area (Å²) in [5.74, 6) is 1.30. The maximum Gasteiger partial charge on any atom is 0.152 e. The Morgan fingerprint density at radius 2 is 2.06 bits per heavy atom. The van der Waals surface area contributed by atoms with E-state index in [2.05, 4.69) is 25.7 Å². The first-order valence-electron chi connectivity index (χ1n) is 6.54. The number of nitrogens with zero attached hydrogens (tertiary/aromatic N) is 1. The van der Waals surface area contributed by atoms with Gasteiger partial charge in [-0.15, -0.1) is 0 Å². The molecule has 1 aromatic carbocycles. The monoisotopic (exact) mass is 265 g/mol. The van der Waals surface area contributed by atoms with Crippen LogP contribution in [-0.4, -0.2) is 18.9 Å². The summed E-state index contributed by atoms with van der Waals surface area (Å²) >= 11 is 5.95. The van der Waals surface area contributed by atoms with Gasteiger partial charge in [-0.1, -0.05) is 25.4 Å². The van der Waals surface area contributed by atoms with Crippen LogP contribution in [0.15, 0.2) is 18.2 Å². The largest absolute Gasteiger partial charge is 0.368 e. The number of rotatable bonds is 2. The fourth-order valence-corrected chi connectivity index (χ4v) is 3.09. The first-order valence-corrected chi connectivity index (χ1v) is 6.92. The third kappa shape index (κ3) is 2.54. The van der Waals surface area contributed by atoms with E-state index in [9.17, 15) is 4.79 Å². The minimum Gasteiger partial charge on any atom is -0.368 e. The topological polar surface area (TPSA) is 20.3 Å². The number of piperidine rings is 1. The molecule has 0 radical (unpaired) electrons. The molecule has 1 heterocycles. The number of carbonyl (C=O) groups excluding carboxylic acids is 1. The predicted molar refractivity (Wildman–Crippen MR) is 76.6 cm³/mol. The molecule has 3 heteroatoms. The van der Waals surface area contributed by atoms with Gasteiger partial charge in [0.15, 0.2) is 6.29 Å². The Labute approximate surface area is 114 Å². The summed E-state index contributed by atoms with van der Waals surface area (Å²) in [6.45, 7) is 7.80. The maximum absolute atomic E-state index is 11.2. The second kappa shape index (κ2) is 5.31. The minimum absolute atomic E-state index is 0.459. The Bertz CT molecular complexity index is 446. The molecule has 0 bridgehead atoms. The third-order valence-electron chi connectivity index (χ3n) is 4.02. The summed E-state index contributed by atoms with van der Waals surface area (Å²) in [7, 11) is 0. The van der Waals surface area contributed by atoms with Crippen molar-refractivity contribution in [1.29, 1.82) is 0 Å². The van der Waals surface area contributed by atoms with Crippen molar-refractivity contribution in [3.63, 3.8) is 0 Å². The fraction of sp³-hybridized carbons (Fsp3) is 0.533. The highest BCUT2D eigenvalue weighted by atomic mass is 35.5. The zero-order chi connectivity index (χ0) is 13.3. The Kier molecular flexibility index (Phi) is 3.96. The Morgan fingerprint density at radius 1 is 1.33 bits per heavy atom.